The van der Waals surface area contributed by atoms with Gasteiger partial charge in [-0.05, 0) is 10.8 Å². The van der Waals surface area contributed by atoms with Crippen molar-refractivity contribution in [3.63, 3.8) is 0 Å². The minimum atomic E-state index is -1.53. The van der Waals surface area contributed by atoms with E-state index >= 15 is 0 Å². The minimum absolute atomic E-state index is 0.0722. The van der Waals surface area contributed by atoms with Gasteiger partial charge in [-0.2, -0.15) is 0 Å². The van der Waals surface area contributed by atoms with Gasteiger partial charge in [-0.3, -0.25) is 0 Å². The summed E-state index contributed by atoms with van der Waals surface area (Å²) in [6, 6.07) is 0. The topological polar surface area (TPSA) is 71.6 Å². The van der Waals surface area contributed by atoms with Crippen LogP contribution in [0.4, 0.5) is 4.79 Å². The molecule has 98 valence electrons. The fourth-order valence-electron chi connectivity index (χ4n) is 1.28. The summed E-state index contributed by atoms with van der Waals surface area (Å²) < 4.78 is 4.48. The summed E-state index contributed by atoms with van der Waals surface area (Å²) in [6.45, 7) is 10.6. The average molecular weight is 244 g/mol. The Morgan fingerprint density at radius 2 is 1.88 bits per heavy atom. The van der Waals surface area contributed by atoms with Crippen molar-refractivity contribution in [2.24, 2.45) is 10.8 Å². The van der Waals surface area contributed by atoms with Crippen LogP contribution in [0.1, 0.15) is 41.0 Å². The zero-order valence-electron chi connectivity index (χ0n) is 10.9. The van der Waals surface area contributed by atoms with Gasteiger partial charge in [0, 0.05) is 6.08 Å². The Morgan fingerprint density at radius 1 is 1.35 bits per heavy atom. The minimum Gasteiger partial charge on any atom is -0.450 e. The van der Waals surface area contributed by atoms with Crippen LogP contribution in [-0.4, -0.2) is 17.2 Å². The van der Waals surface area contributed by atoms with Crippen LogP contribution in [0.5, 0.6) is 0 Å². The molecule has 1 saturated heterocycles. The van der Waals surface area contributed by atoms with Crippen molar-refractivity contribution in [1.82, 2.24) is 0 Å². The number of rotatable bonds is 5. The first-order valence-electron chi connectivity index (χ1n) is 5.63. The summed E-state index contributed by atoms with van der Waals surface area (Å²) in [4.78, 5) is 19.5. The molecule has 0 aromatic carbocycles. The van der Waals surface area contributed by atoms with E-state index in [1.807, 2.05) is 6.08 Å². The summed E-state index contributed by atoms with van der Waals surface area (Å²) in [5.74, 6) is -1.53. The van der Waals surface area contributed by atoms with E-state index < -0.39 is 12.1 Å². The second-order valence-electron chi connectivity index (χ2n) is 5.43. The maximum Gasteiger partial charge on any atom is 0.510 e. The molecule has 0 aliphatic carbocycles. The number of allylic oxidation sites excluding steroid dienone is 1. The summed E-state index contributed by atoms with van der Waals surface area (Å²) in [7, 11) is 0. The Kier molecular flexibility index (Phi) is 3.55. The van der Waals surface area contributed by atoms with Gasteiger partial charge in [0.15, 0.2) is 0 Å². The molecule has 0 radical (unpaired) electrons. The van der Waals surface area contributed by atoms with E-state index in [4.69, 9.17) is 5.11 Å². The summed E-state index contributed by atoms with van der Waals surface area (Å²) in [5.41, 5.74) is -0.0608. The van der Waals surface area contributed by atoms with E-state index in [1.165, 1.54) is 6.08 Å². The molecule has 1 fully saturated rings. The fraction of sp³-hybridized carbons (Fsp3) is 0.750. The van der Waals surface area contributed by atoms with Gasteiger partial charge >= 0.3 is 12.1 Å². The first kappa shape index (κ1) is 14.0. The molecule has 1 N–H and O–H groups in total. The van der Waals surface area contributed by atoms with Crippen molar-refractivity contribution in [1.29, 1.82) is 0 Å². The van der Waals surface area contributed by atoms with Gasteiger partial charge in [-0.25, -0.2) is 4.79 Å². The molecule has 1 aliphatic heterocycles. The molecular formula is C12H20O5. The van der Waals surface area contributed by atoms with Crippen molar-refractivity contribution >= 4 is 6.16 Å². The third-order valence-corrected chi connectivity index (χ3v) is 3.81. The van der Waals surface area contributed by atoms with Gasteiger partial charge in [0.05, 0.1) is 0 Å². The SMILES string of the molecule is CCC(C)(C)C(C)(C)C=CC1(OC(=O)O)OO1. The summed E-state index contributed by atoms with van der Waals surface area (Å²) >= 11 is 0. The lowest BCUT2D eigenvalue weighted by molar-refractivity contribution is 0.00380. The van der Waals surface area contributed by atoms with Gasteiger partial charge in [-0.1, -0.05) is 47.1 Å². The number of carbonyl (C=O) groups is 1. The Bertz CT molecular complexity index is 326. The highest BCUT2D eigenvalue weighted by atomic mass is 17.5. The molecule has 5 nitrogen and oxygen atoms in total. The molecule has 0 bridgehead atoms. The maximum absolute atomic E-state index is 10.4. The molecule has 0 unspecified atom stereocenters. The van der Waals surface area contributed by atoms with Crippen LogP contribution in [0, 0.1) is 10.8 Å². The van der Waals surface area contributed by atoms with Crippen LogP contribution in [0.3, 0.4) is 0 Å². The van der Waals surface area contributed by atoms with E-state index in [-0.39, 0.29) is 10.8 Å². The van der Waals surface area contributed by atoms with Crippen LogP contribution in [0.25, 0.3) is 0 Å². The van der Waals surface area contributed by atoms with Gasteiger partial charge in [0.25, 0.3) is 0 Å². The normalized spacial score (nSPS) is 19.4. The van der Waals surface area contributed by atoms with Crippen LogP contribution in [-0.2, 0) is 14.5 Å². The van der Waals surface area contributed by atoms with E-state index in [1.54, 1.807) is 0 Å². The third-order valence-electron chi connectivity index (χ3n) is 3.81. The van der Waals surface area contributed by atoms with Crippen LogP contribution >= 0.6 is 0 Å². The van der Waals surface area contributed by atoms with Crippen molar-refractivity contribution < 1.29 is 24.4 Å². The van der Waals surface area contributed by atoms with E-state index in [0.29, 0.717) is 0 Å². The molecule has 0 spiro atoms. The lowest BCUT2D eigenvalue weighted by Gasteiger charge is -2.39. The standard InChI is InChI=1S/C12H20O5/c1-6-10(2,3)11(4,5)7-8-12(16-17-12)15-9(13)14/h7-8H,6H2,1-5H3,(H,13,14). The van der Waals surface area contributed by atoms with Crippen molar-refractivity contribution in [2.45, 2.75) is 47.0 Å². The van der Waals surface area contributed by atoms with Crippen molar-refractivity contribution in [3.8, 4) is 0 Å². The van der Waals surface area contributed by atoms with Crippen LogP contribution < -0.4 is 0 Å². The molecule has 0 atom stereocenters. The van der Waals surface area contributed by atoms with Gasteiger partial charge in [0.2, 0.25) is 0 Å². The Labute approximate surface area is 101 Å². The second-order valence-corrected chi connectivity index (χ2v) is 5.43. The number of hydrogen-bond acceptors (Lipinski definition) is 4. The predicted octanol–water partition coefficient (Wildman–Crippen LogP) is 3.32. The molecule has 1 rings (SSSR count). The van der Waals surface area contributed by atoms with E-state index in [0.717, 1.165) is 6.42 Å². The van der Waals surface area contributed by atoms with Gasteiger partial charge in [-0.15, -0.1) is 9.78 Å². The molecule has 17 heavy (non-hydrogen) atoms. The fourth-order valence-corrected chi connectivity index (χ4v) is 1.28. The average Bonchev–Trinajstić information content (AvgIpc) is 2.94. The first-order chi connectivity index (χ1) is 7.64. The monoisotopic (exact) mass is 244 g/mol. The largest absolute Gasteiger partial charge is 0.510 e. The zero-order chi connectivity index (χ0) is 13.3. The van der Waals surface area contributed by atoms with Crippen molar-refractivity contribution in [3.05, 3.63) is 12.2 Å². The molecule has 1 aliphatic rings. The molecule has 0 saturated carbocycles. The maximum atomic E-state index is 10.4. The van der Waals surface area contributed by atoms with E-state index in [9.17, 15) is 4.79 Å². The Hall–Kier alpha value is -1.07. The lowest BCUT2D eigenvalue weighted by atomic mass is 9.66. The van der Waals surface area contributed by atoms with E-state index in [2.05, 4.69) is 49.1 Å². The highest BCUT2D eigenvalue weighted by Crippen LogP contribution is 2.44. The van der Waals surface area contributed by atoms with Gasteiger partial charge < -0.3 is 9.84 Å². The smallest absolute Gasteiger partial charge is 0.450 e. The number of carboxylic acid groups (broad SMARTS) is 1. The highest BCUT2D eigenvalue weighted by molar-refractivity contribution is 5.57. The Balaban J connectivity index is 2.74. The predicted molar refractivity (Wildman–Crippen MR) is 61.0 cm³/mol. The quantitative estimate of drug-likeness (QED) is 0.347. The zero-order valence-corrected chi connectivity index (χ0v) is 10.9. The molecule has 0 aromatic heterocycles. The first-order valence-corrected chi connectivity index (χ1v) is 5.63. The van der Waals surface area contributed by atoms with Gasteiger partial charge in [0.1, 0.15) is 0 Å². The second kappa shape index (κ2) is 4.31. The number of ether oxygens (including phenoxy) is 1. The Morgan fingerprint density at radius 3 is 2.24 bits per heavy atom. The van der Waals surface area contributed by atoms with Crippen LogP contribution in [0.2, 0.25) is 0 Å². The summed E-state index contributed by atoms with van der Waals surface area (Å²) in [6.07, 6.45) is 2.93. The third kappa shape index (κ3) is 3.20. The summed E-state index contributed by atoms with van der Waals surface area (Å²) in [5, 5.41) is 8.51. The highest BCUT2D eigenvalue weighted by Gasteiger charge is 2.52. The molecule has 1 heterocycles. The molecule has 0 aromatic rings. The van der Waals surface area contributed by atoms with Crippen molar-refractivity contribution in [2.75, 3.05) is 0 Å². The molecule has 5 heteroatoms. The molecule has 0 amide bonds. The lowest BCUT2D eigenvalue weighted by Crippen LogP contribution is -2.30. The van der Waals surface area contributed by atoms with Crippen LogP contribution in [0.15, 0.2) is 12.2 Å². The molecular weight excluding hydrogens is 224 g/mol. The number of hydrogen-bond donors (Lipinski definition) is 1.